The molecular weight excluding hydrogens is 209 g/mol. The van der Waals surface area contributed by atoms with Crippen LogP contribution in [0.5, 0.6) is 0 Å². The maximum Gasteiger partial charge on any atom is 0.471 e. The van der Waals surface area contributed by atoms with Gasteiger partial charge in [0.2, 0.25) is 0 Å². The van der Waals surface area contributed by atoms with Gasteiger partial charge in [0.25, 0.3) is 0 Å². The van der Waals surface area contributed by atoms with Crippen molar-refractivity contribution in [3.8, 4) is 0 Å². The number of amides is 1. The van der Waals surface area contributed by atoms with Crippen LogP contribution in [-0.2, 0) is 4.79 Å². The lowest BCUT2D eigenvalue weighted by Gasteiger charge is -2.40. The summed E-state index contributed by atoms with van der Waals surface area (Å²) in [4.78, 5) is 10.4. The van der Waals surface area contributed by atoms with Gasteiger partial charge in [0, 0.05) is 13.1 Å². The summed E-state index contributed by atoms with van der Waals surface area (Å²) in [6.45, 7) is 2.33. The highest BCUT2D eigenvalue weighted by molar-refractivity contribution is 5.85. The van der Waals surface area contributed by atoms with E-state index in [1.54, 1.807) is 6.92 Å². The summed E-state index contributed by atoms with van der Waals surface area (Å²) in [6, 6.07) is 0. The van der Waals surface area contributed by atoms with Gasteiger partial charge in [-0.1, -0.05) is 0 Å². The van der Waals surface area contributed by atoms with Crippen LogP contribution < -0.4 is 10.6 Å². The molecule has 0 aliphatic carbocycles. The van der Waals surface area contributed by atoms with E-state index in [0.717, 1.165) is 0 Å². The average Bonchev–Trinajstić information content (AvgIpc) is 1.82. The fourth-order valence-electron chi connectivity index (χ4n) is 0.933. The lowest BCUT2D eigenvalue weighted by molar-refractivity contribution is -0.176. The zero-order valence-electron chi connectivity index (χ0n) is 6.86. The van der Waals surface area contributed by atoms with Crippen LogP contribution in [0, 0.1) is 0 Å². The number of halogens is 4. The first-order valence-corrected chi connectivity index (χ1v) is 3.44. The summed E-state index contributed by atoms with van der Waals surface area (Å²) < 4.78 is 35.1. The van der Waals surface area contributed by atoms with Gasteiger partial charge in [0.15, 0.2) is 0 Å². The van der Waals surface area contributed by atoms with Crippen molar-refractivity contribution >= 4 is 18.3 Å². The van der Waals surface area contributed by atoms with Gasteiger partial charge in [0.05, 0.1) is 5.54 Å². The van der Waals surface area contributed by atoms with E-state index >= 15 is 0 Å². The second-order valence-electron chi connectivity index (χ2n) is 3.12. The van der Waals surface area contributed by atoms with E-state index < -0.39 is 17.6 Å². The molecule has 13 heavy (non-hydrogen) atoms. The Morgan fingerprint density at radius 2 is 1.92 bits per heavy atom. The summed E-state index contributed by atoms with van der Waals surface area (Å²) in [5, 5.41) is 4.68. The summed E-state index contributed by atoms with van der Waals surface area (Å²) in [5.41, 5.74) is -0.730. The monoisotopic (exact) mass is 218 g/mol. The molecule has 0 saturated carbocycles. The Morgan fingerprint density at radius 1 is 1.46 bits per heavy atom. The number of rotatable bonds is 1. The topological polar surface area (TPSA) is 41.1 Å². The fraction of sp³-hybridized carbons (Fsp3) is 0.833. The third kappa shape index (κ3) is 3.04. The molecule has 0 unspecified atom stereocenters. The van der Waals surface area contributed by atoms with Gasteiger partial charge in [-0.2, -0.15) is 13.2 Å². The van der Waals surface area contributed by atoms with Crippen LogP contribution in [0.3, 0.4) is 0 Å². The highest BCUT2D eigenvalue weighted by atomic mass is 35.5. The molecule has 1 saturated heterocycles. The molecule has 1 rings (SSSR count). The summed E-state index contributed by atoms with van der Waals surface area (Å²) in [7, 11) is 0. The quantitative estimate of drug-likeness (QED) is 0.671. The van der Waals surface area contributed by atoms with E-state index in [1.807, 2.05) is 5.32 Å². The minimum Gasteiger partial charge on any atom is -0.341 e. The number of hydrogen-bond donors (Lipinski definition) is 2. The van der Waals surface area contributed by atoms with Gasteiger partial charge in [-0.05, 0) is 6.92 Å². The molecule has 1 amide bonds. The molecule has 1 fully saturated rings. The van der Waals surface area contributed by atoms with Crippen molar-refractivity contribution < 1.29 is 18.0 Å². The van der Waals surface area contributed by atoms with Crippen molar-refractivity contribution in [1.82, 2.24) is 10.6 Å². The first kappa shape index (κ1) is 12.5. The Labute approximate surface area is 79.5 Å². The Morgan fingerprint density at radius 3 is 2.15 bits per heavy atom. The van der Waals surface area contributed by atoms with Crippen molar-refractivity contribution in [2.24, 2.45) is 0 Å². The standard InChI is InChI=1S/C6H9F3N2O.ClH/c1-5(2-10-3-5)11-4(12)6(7,8)9;/h10H,2-3H2,1H3,(H,11,12);1H. The molecule has 3 nitrogen and oxygen atoms in total. The van der Waals surface area contributed by atoms with E-state index in [1.165, 1.54) is 0 Å². The average molecular weight is 219 g/mol. The third-order valence-corrected chi connectivity index (χ3v) is 1.70. The van der Waals surface area contributed by atoms with Crippen molar-refractivity contribution in [2.45, 2.75) is 18.6 Å². The third-order valence-electron chi connectivity index (χ3n) is 1.70. The van der Waals surface area contributed by atoms with Crippen molar-refractivity contribution in [3.05, 3.63) is 0 Å². The molecule has 0 spiro atoms. The molecule has 7 heteroatoms. The van der Waals surface area contributed by atoms with E-state index in [4.69, 9.17) is 0 Å². The van der Waals surface area contributed by atoms with E-state index in [0.29, 0.717) is 13.1 Å². The second-order valence-corrected chi connectivity index (χ2v) is 3.12. The highest BCUT2D eigenvalue weighted by Gasteiger charge is 2.44. The van der Waals surface area contributed by atoms with Crippen molar-refractivity contribution in [2.75, 3.05) is 13.1 Å². The Kier molecular flexibility index (Phi) is 3.57. The Hall–Kier alpha value is -0.490. The predicted octanol–water partition coefficient (Wildman–Crippen LogP) is 0.449. The maximum absolute atomic E-state index is 11.7. The van der Waals surface area contributed by atoms with Gasteiger partial charge in [-0.15, -0.1) is 12.4 Å². The zero-order chi connectivity index (χ0) is 9.41. The minimum absolute atomic E-state index is 0. The molecule has 78 valence electrons. The molecule has 1 heterocycles. The lowest BCUT2D eigenvalue weighted by Crippen LogP contribution is -2.68. The van der Waals surface area contributed by atoms with Gasteiger partial charge < -0.3 is 10.6 Å². The van der Waals surface area contributed by atoms with E-state index in [2.05, 4.69) is 5.32 Å². The molecule has 1 aliphatic rings. The Bertz CT molecular complexity index is 203. The van der Waals surface area contributed by atoms with Crippen LogP contribution in [0.2, 0.25) is 0 Å². The van der Waals surface area contributed by atoms with Crippen LogP contribution in [0.1, 0.15) is 6.92 Å². The molecule has 1 aliphatic heterocycles. The van der Waals surface area contributed by atoms with Crippen molar-refractivity contribution in [3.63, 3.8) is 0 Å². The summed E-state index contributed by atoms with van der Waals surface area (Å²) in [6.07, 6.45) is -4.78. The maximum atomic E-state index is 11.7. The highest BCUT2D eigenvalue weighted by Crippen LogP contribution is 2.17. The van der Waals surface area contributed by atoms with Crippen LogP contribution >= 0.6 is 12.4 Å². The number of carbonyl (C=O) groups is 1. The minimum atomic E-state index is -4.78. The number of hydrogen-bond acceptors (Lipinski definition) is 2. The zero-order valence-corrected chi connectivity index (χ0v) is 7.68. The van der Waals surface area contributed by atoms with Crippen LogP contribution in [0.15, 0.2) is 0 Å². The first-order chi connectivity index (χ1) is 5.33. The first-order valence-electron chi connectivity index (χ1n) is 3.44. The van der Waals surface area contributed by atoms with Gasteiger partial charge >= 0.3 is 12.1 Å². The van der Waals surface area contributed by atoms with E-state index in [9.17, 15) is 18.0 Å². The normalized spacial score (nSPS) is 19.7. The number of carbonyl (C=O) groups excluding carboxylic acids is 1. The second kappa shape index (κ2) is 3.71. The fourth-order valence-corrected chi connectivity index (χ4v) is 0.933. The largest absolute Gasteiger partial charge is 0.471 e. The predicted molar refractivity (Wildman–Crippen MR) is 42.7 cm³/mol. The van der Waals surface area contributed by atoms with Crippen LogP contribution in [0.4, 0.5) is 13.2 Å². The summed E-state index contributed by atoms with van der Waals surface area (Å²) in [5.74, 6) is -1.87. The van der Waals surface area contributed by atoms with Gasteiger partial charge in [-0.25, -0.2) is 0 Å². The molecule has 0 aromatic rings. The molecule has 0 atom stereocenters. The summed E-state index contributed by atoms with van der Waals surface area (Å²) >= 11 is 0. The number of alkyl halides is 3. The molecule has 0 bridgehead atoms. The lowest BCUT2D eigenvalue weighted by atomic mass is 9.95. The van der Waals surface area contributed by atoms with Crippen molar-refractivity contribution in [1.29, 1.82) is 0 Å². The Balaban J connectivity index is 0.00000144. The molecule has 0 aromatic carbocycles. The number of nitrogens with one attached hydrogen (secondary N) is 2. The molecule has 0 radical (unpaired) electrons. The molecular formula is C6H10ClF3N2O. The van der Waals surface area contributed by atoms with E-state index in [-0.39, 0.29) is 12.4 Å². The van der Waals surface area contributed by atoms with Crippen LogP contribution in [-0.4, -0.2) is 30.7 Å². The SMILES string of the molecule is CC1(NC(=O)C(F)(F)F)CNC1.Cl. The van der Waals surface area contributed by atoms with Crippen LogP contribution in [0.25, 0.3) is 0 Å². The van der Waals surface area contributed by atoms with Gasteiger partial charge in [0.1, 0.15) is 0 Å². The smallest absolute Gasteiger partial charge is 0.341 e. The molecule has 2 N–H and O–H groups in total. The van der Waals surface area contributed by atoms with Gasteiger partial charge in [-0.3, -0.25) is 4.79 Å². The molecule has 0 aromatic heterocycles.